The predicted molar refractivity (Wildman–Crippen MR) is 79.3 cm³/mol. The van der Waals surface area contributed by atoms with Crippen molar-refractivity contribution in [2.75, 3.05) is 11.4 Å². The number of hydrogen-bond donors (Lipinski definition) is 0. The van der Waals surface area contributed by atoms with Crippen LogP contribution >= 0.6 is 15.9 Å². The lowest BCUT2D eigenvalue weighted by Gasteiger charge is -2.31. The van der Waals surface area contributed by atoms with E-state index in [0.29, 0.717) is 0 Å². The van der Waals surface area contributed by atoms with Gasteiger partial charge in [-0.05, 0) is 43.5 Å². The average Bonchev–Trinajstić information content (AvgIpc) is 2.71. The van der Waals surface area contributed by atoms with Gasteiger partial charge >= 0.3 is 0 Å². The highest BCUT2D eigenvalue weighted by Crippen LogP contribution is 2.30. The number of rotatable bonds is 2. The van der Waals surface area contributed by atoms with Crippen molar-refractivity contribution in [1.29, 1.82) is 0 Å². The Labute approximate surface area is 121 Å². The Kier molecular flexibility index (Phi) is 3.31. The van der Waals surface area contributed by atoms with Crippen LogP contribution in [-0.2, 0) is 20.0 Å². The molecule has 1 aromatic heterocycles. The number of hydrogen-bond acceptors (Lipinski definition) is 3. The van der Waals surface area contributed by atoms with Gasteiger partial charge in [-0.1, -0.05) is 15.9 Å². The van der Waals surface area contributed by atoms with Crippen LogP contribution < -0.4 is 4.90 Å². The molecule has 100 valence electrons. The van der Waals surface area contributed by atoms with E-state index in [1.807, 2.05) is 14.0 Å². The molecule has 0 bridgehead atoms. The maximum atomic E-state index is 4.26. The lowest BCUT2D eigenvalue weighted by atomic mass is 10.0. The van der Waals surface area contributed by atoms with E-state index in [-0.39, 0.29) is 0 Å². The molecule has 0 amide bonds. The molecule has 3 rings (SSSR count). The number of aromatic nitrogens is 3. The first kappa shape index (κ1) is 12.7. The van der Waals surface area contributed by atoms with Gasteiger partial charge < -0.3 is 9.47 Å². The molecule has 0 atom stereocenters. The van der Waals surface area contributed by atoms with E-state index in [4.69, 9.17) is 0 Å². The first-order valence-corrected chi connectivity index (χ1v) is 7.32. The van der Waals surface area contributed by atoms with Crippen LogP contribution in [0.5, 0.6) is 0 Å². The number of nitrogens with zero attached hydrogens (tertiary/aromatic N) is 4. The van der Waals surface area contributed by atoms with Crippen LogP contribution in [0.15, 0.2) is 22.7 Å². The van der Waals surface area contributed by atoms with Gasteiger partial charge in [-0.2, -0.15) is 0 Å². The fraction of sp³-hybridized carbons (Fsp3) is 0.429. The number of fused-ring (bicyclic) bond motifs is 1. The van der Waals surface area contributed by atoms with E-state index in [1.54, 1.807) is 0 Å². The smallest absolute Gasteiger partial charge is 0.152 e. The molecular formula is C14H17BrN4. The number of halogens is 1. The van der Waals surface area contributed by atoms with Crippen LogP contribution in [0.1, 0.15) is 23.6 Å². The summed E-state index contributed by atoms with van der Waals surface area (Å²) in [5.74, 6) is 1.98. The van der Waals surface area contributed by atoms with Gasteiger partial charge in [0.15, 0.2) is 5.82 Å². The third kappa shape index (κ3) is 2.39. The van der Waals surface area contributed by atoms with E-state index in [0.717, 1.165) is 35.6 Å². The quantitative estimate of drug-likeness (QED) is 0.853. The average molecular weight is 321 g/mol. The zero-order valence-electron chi connectivity index (χ0n) is 11.2. The molecule has 0 unspecified atom stereocenters. The first-order valence-electron chi connectivity index (χ1n) is 6.53. The molecule has 0 spiro atoms. The first-order chi connectivity index (χ1) is 9.15. The normalized spacial score (nSPS) is 14.6. The number of aryl methyl sites for hydroxylation is 2. The summed E-state index contributed by atoms with van der Waals surface area (Å²) < 4.78 is 3.22. The molecule has 1 aliphatic heterocycles. The van der Waals surface area contributed by atoms with Gasteiger partial charge in [0.1, 0.15) is 5.82 Å². The van der Waals surface area contributed by atoms with Crippen molar-refractivity contribution >= 4 is 21.6 Å². The van der Waals surface area contributed by atoms with E-state index in [1.165, 1.54) is 17.7 Å². The van der Waals surface area contributed by atoms with Gasteiger partial charge in [-0.25, -0.2) is 0 Å². The molecule has 1 aromatic carbocycles. The van der Waals surface area contributed by atoms with Gasteiger partial charge in [0.25, 0.3) is 0 Å². The highest BCUT2D eigenvalue weighted by Gasteiger charge is 2.19. The molecule has 0 aliphatic carbocycles. The summed E-state index contributed by atoms with van der Waals surface area (Å²) in [5, 5.41) is 8.39. The fourth-order valence-corrected chi connectivity index (χ4v) is 2.98. The standard InChI is InChI=1S/C14H17BrN4/c1-10-16-17-14(18(10)2)9-19-7-3-4-11-8-12(15)5-6-13(11)19/h5-6,8H,3-4,7,9H2,1-2H3. The summed E-state index contributed by atoms with van der Waals surface area (Å²) in [6, 6.07) is 6.53. The maximum Gasteiger partial charge on any atom is 0.152 e. The molecule has 2 heterocycles. The van der Waals surface area contributed by atoms with Crippen molar-refractivity contribution in [3.05, 3.63) is 39.9 Å². The van der Waals surface area contributed by atoms with Crippen LogP contribution in [0.4, 0.5) is 5.69 Å². The predicted octanol–water partition coefficient (Wildman–Crippen LogP) is 2.84. The van der Waals surface area contributed by atoms with Crippen molar-refractivity contribution in [3.8, 4) is 0 Å². The molecule has 0 saturated carbocycles. The SMILES string of the molecule is Cc1nnc(CN2CCCc3cc(Br)ccc32)n1C. The third-order valence-corrected chi connectivity index (χ3v) is 4.26. The lowest BCUT2D eigenvalue weighted by Crippen LogP contribution is -2.30. The fourth-order valence-electron chi connectivity index (χ4n) is 2.57. The van der Waals surface area contributed by atoms with Crippen LogP contribution in [0.2, 0.25) is 0 Å². The third-order valence-electron chi connectivity index (χ3n) is 3.77. The van der Waals surface area contributed by atoms with E-state index >= 15 is 0 Å². The second-order valence-corrected chi connectivity index (χ2v) is 5.94. The summed E-state index contributed by atoms with van der Waals surface area (Å²) in [4.78, 5) is 2.40. The van der Waals surface area contributed by atoms with Gasteiger partial charge in [-0.15, -0.1) is 10.2 Å². The zero-order chi connectivity index (χ0) is 13.4. The van der Waals surface area contributed by atoms with Crippen molar-refractivity contribution in [2.24, 2.45) is 7.05 Å². The Morgan fingerprint density at radius 1 is 1.32 bits per heavy atom. The summed E-state index contributed by atoms with van der Waals surface area (Å²) in [5.41, 5.74) is 2.75. The van der Waals surface area contributed by atoms with E-state index in [2.05, 4.69) is 53.8 Å². The Morgan fingerprint density at radius 3 is 2.89 bits per heavy atom. The zero-order valence-corrected chi connectivity index (χ0v) is 12.8. The van der Waals surface area contributed by atoms with Gasteiger partial charge in [-0.3, -0.25) is 0 Å². The van der Waals surface area contributed by atoms with Crippen molar-refractivity contribution in [3.63, 3.8) is 0 Å². The molecule has 0 N–H and O–H groups in total. The summed E-state index contributed by atoms with van der Waals surface area (Å²) in [6.07, 6.45) is 2.35. The van der Waals surface area contributed by atoms with Crippen LogP contribution in [0, 0.1) is 6.92 Å². The van der Waals surface area contributed by atoms with E-state index < -0.39 is 0 Å². The Hall–Kier alpha value is -1.36. The number of anilines is 1. The van der Waals surface area contributed by atoms with Crippen molar-refractivity contribution < 1.29 is 0 Å². The molecular weight excluding hydrogens is 304 g/mol. The maximum absolute atomic E-state index is 4.26. The Morgan fingerprint density at radius 2 is 2.16 bits per heavy atom. The minimum absolute atomic E-state index is 0.825. The molecule has 0 fully saturated rings. The topological polar surface area (TPSA) is 34.0 Å². The molecule has 0 saturated heterocycles. The molecule has 5 heteroatoms. The second kappa shape index (κ2) is 4.96. The molecule has 0 radical (unpaired) electrons. The summed E-state index contributed by atoms with van der Waals surface area (Å²) in [7, 11) is 2.02. The van der Waals surface area contributed by atoms with Crippen molar-refractivity contribution in [1.82, 2.24) is 14.8 Å². The van der Waals surface area contributed by atoms with Gasteiger partial charge in [0.2, 0.25) is 0 Å². The molecule has 4 nitrogen and oxygen atoms in total. The molecule has 19 heavy (non-hydrogen) atoms. The molecule has 2 aromatic rings. The lowest BCUT2D eigenvalue weighted by molar-refractivity contribution is 0.653. The highest BCUT2D eigenvalue weighted by molar-refractivity contribution is 9.10. The van der Waals surface area contributed by atoms with Gasteiger partial charge in [0, 0.05) is 23.8 Å². The van der Waals surface area contributed by atoms with Crippen molar-refractivity contribution in [2.45, 2.75) is 26.3 Å². The minimum atomic E-state index is 0.825. The molecule has 1 aliphatic rings. The highest BCUT2D eigenvalue weighted by atomic mass is 79.9. The second-order valence-electron chi connectivity index (χ2n) is 5.02. The largest absolute Gasteiger partial charge is 0.364 e. The van der Waals surface area contributed by atoms with E-state index in [9.17, 15) is 0 Å². The summed E-state index contributed by atoms with van der Waals surface area (Å²) >= 11 is 3.55. The Bertz CT molecular complexity index is 605. The monoisotopic (exact) mass is 320 g/mol. The van der Waals surface area contributed by atoms with Crippen LogP contribution in [0.25, 0.3) is 0 Å². The van der Waals surface area contributed by atoms with Crippen LogP contribution in [0.3, 0.4) is 0 Å². The number of benzene rings is 1. The van der Waals surface area contributed by atoms with Crippen LogP contribution in [-0.4, -0.2) is 21.3 Å². The summed E-state index contributed by atoms with van der Waals surface area (Å²) in [6.45, 7) is 3.89. The van der Waals surface area contributed by atoms with Gasteiger partial charge in [0.05, 0.1) is 6.54 Å². The Balaban J connectivity index is 1.90. The minimum Gasteiger partial charge on any atom is -0.364 e.